The average molecular weight is 542 g/mol. The van der Waals surface area contributed by atoms with Gasteiger partial charge in [-0.1, -0.05) is 40.9 Å². The lowest BCUT2D eigenvalue weighted by atomic mass is 10.0. The van der Waals surface area contributed by atoms with Crippen molar-refractivity contribution >= 4 is 63.7 Å². The van der Waals surface area contributed by atoms with Crippen LogP contribution in [0.15, 0.2) is 59.7 Å². The van der Waals surface area contributed by atoms with E-state index >= 15 is 0 Å². The number of ketones is 1. The number of halogens is 3. The van der Waals surface area contributed by atoms with E-state index in [0.717, 1.165) is 29.9 Å². The van der Waals surface area contributed by atoms with Crippen LogP contribution in [-0.4, -0.2) is 41.5 Å². The maximum absolute atomic E-state index is 13.2. The van der Waals surface area contributed by atoms with Crippen LogP contribution in [0.4, 0.5) is 11.5 Å². The predicted molar refractivity (Wildman–Crippen MR) is 145 cm³/mol. The maximum atomic E-state index is 13.2. The maximum Gasteiger partial charge on any atom is 0.249 e. The summed E-state index contributed by atoms with van der Waals surface area (Å²) in [5.41, 5.74) is 3.49. The highest BCUT2D eigenvalue weighted by molar-refractivity contribution is 6.35. The van der Waals surface area contributed by atoms with E-state index in [9.17, 15) is 9.59 Å². The van der Waals surface area contributed by atoms with Gasteiger partial charge in [0.25, 0.3) is 0 Å². The molecule has 0 aliphatic carbocycles. The molecule has 6 nitrogen and oxygen atoms in total. The fraction of sp³-hybridized carbons (Fsp3) is 0.259. The minimum atomic E-state index is -0.723. The summed E-state index contributed by atoms with van der Waals surface area (Å²) >= 11 is 18.8. The van der Waals surface area contributed by atoms with Crippen molar-refractivity contribution in [3.05, 3.63) is 86.5 Å². The van der Waals surface area contributed by atoms with Gasteiger partial charge in [0.1, 0.15) is 17.6 Å². The number of aromatic nitrogens is 1. The predicted octanol–water partition coefficient (Wildman–Crippen LogP) is 5.86. The summed E-state index contributed by atoms with van der Waals surface area (Å²) in [4.78, 5) is 36.6. The molecule has 5 rings (SSSR count). The Balaban J connectivity index is 1.51. The van der Waals surface area contributed by atoms with E-state index in [1.54, 1.807) is 43.5 Å². The fourth-order valence-corrected chi connectivity index (χ4v) is 5.26. The number of hydrogen-bond donors (Lipinski definition) is 1. The van der Waals surface area contributed by atoms with Crippen molar-refractivity contribution in [3.63, 3.8) is 0 Å². The van der Waals surface area contributed by atoms with Crippen molar-refractivity contribution in [2.75, 3.05) is 23.3 Å². The third kappa shape index (κ3) is 5.12. The number of carbonyl (C=O) groups excluding carboxylic acids is 2. The van der Waals surface area contributed by atoms with Crippen LogP contribution in [0.25, 0.3) is 0 Å². The Morgan fingerprint density at radius 1 is 1.08 bits per heavy atom. The first-order valence-electron chi connectivity index (χ1n) is 11.6. The van der Waals surface area contributed by atoms with Gasteiger partial charge in [0, 0.05) is 57.8 Å². The van der Waals surface area contributed by atoms with E-state index in [2.05, 4.69) is 15.2 Å². The van der Waals surface area contributed by atoms with Crippen LogP contribution < -0.4 is 10.2 Å². The first-order chi connectivity index (χ1) is 17.3. The molecule has 9 heteroatoms. The van der Waals surface area contributed by atoms with E-state index in [-0.39, 0.29) is 17.6 Å². The highest BCUT2D eigenvalue weighted by atomic mass is 35.5. The Morgan fingerprint density at radius 2 is 1.86 bits per heavy atom. The normalized spacial score (nSPS) is 19.4. The second-order valence-electron chi connectivity index (χ2n) is 9.06. The molecular weight excluding hydrogens is 519 g/mol. The highest BCUT2D eigenvalue weighted by Gasteiger charge is 2.29. The largest absolute Gasteiger partial charge is 0.356 e. The van der Waals surface area contributed by atoms with Gasteiger partial charge >= 0.3 is 0 Å². The molecule has 1 amide bonds. The van der Waals surface area contributed by atoms with Gasteiger partial charge in [-0.15, -0.1) is 0 Å². The number of fused-ring (bicyclic) bond motifs is 1. The summed E-state index contributed by atoms with van der Waals surface area (Å²) in [6.45, 7) is 3.10. The average Bonchev–Trinajstić information content (AvgIpc) is 3.30. The molecular formula is C27H23Cl3N4O2. The smallest absolute Gasteiger partial charge is 0.249 e. The Kier molecular flexibility index (Phi) is 7.02. The van der Waals surface area contributed by atoms with Crippen molar-refractivity contribution in [2.45, 2.75) is 25.8 Å². The molecule has 2 unspecified atom stereocenters. The summed E-state index contributed by atoms with van der Waals surface area (Å²) in [6.07, 6.45) is 2.89. The SMILES string of the molecule is CC(=O)C1CCN(c2ccc(C3=NC(Cc4ccc(Cl)cc4Cl)C(=O)Nc4ccc(Cl)cc43)cn2)C1. The number of benzodiazepines with no additional fused rings is 1. The number of amides is 1. The van der Waals surface area contributed by atoms with Crippen LogP contribution >= 0.6 is 34.8 Å². The van der Waals surface area contributed by atoms with Gasteiger partial charge in [-0.2, -0.15) is 0 Å². The number of aliphatic imine (C=N–C) groups is 1. The van der Waals surface area contributed by atoms with Crippen molar-refractivity contribution in [3.8, 4) is 0 Å². The first-order valence-corrected chi connectivity index (χ1v) is 12.8. The van der Waals surface area contributed by atoms with E-state index < -0.39 is 6.04 Å². The fourth-order valence-electron chi connectivity index (χ4n) is 4.60. The van der Waals surface area contributed by atoms with Gasteiger partial charge < -0.3 is 10.2 Å². The molecule has 2 atom stereocenters. The molecule has 2 aliphatic rings. The van der Waals surface area contributed by atoms with Gasteiger partial charge in [0.15, 0.2) is 0 Å². The van der Waals surface area contributed by atoms with Crippen molar-refractivity contribution in [1.29, 1.82) is 0 Å². The minimum absolute atomic E-state index is 0.0456. The molecule has 0 saturated carbocycles. The topological polar surface area (TPSA) is 74.7 Å². The number of pyridine rings is 1. The molecule has 0 radical (unpaired) electrons. The van der Waals surface area contributed by atoms with Crippen molar-refractivity contribution in [1.82, 2.24) is 4.98 Å². The number of Topliss-reactive ketones (excluding diaryl/α,β-unsaturated/α-hetero) is 1. The summed E-state index contributed by atoms with van der Waals surface area (Å²) in [7, 11) is 0. The molecule has 1 aromatic heterocycles. The van der Waals surface area contributed by atoms with Crippen molar-refractivity contribution in [2.24, 2.45) is 10.9 Å². The summed E-state index contributed by atoms with van der Waals surface area (Å²) < 4.78 is 0. The Morgan fingerprint density at radius 3 is 2.56 bits per heavy atom. The molecule has 1 N–H and O–H groups in total. The van der Waals surface area contributed by atoms with E-state index in [1.807, 2.05) is 18.2 Å². The second kappa shape index (κ2) is 10.2. The summed E-state index contributed by atoms with van der Waals surface area (Å²) in [5.74, 6) is 0.821. The number of nitrogens with zero attached hydrogens (tertiary/aromatic N) is 3. The van der Waals surface area contributed by atoms with Gasteiger partial charge in [-0.05, 0) is 61.4 Å². The van der Waals surface area contributed by atoms with E-state index in [1.165, 1.54) is 0 Å². The number of rotatable bonds is 5. The molecule has 3 heterocycles. The van der Waals surface area contributed by atoms with Gasteiger partial charge in [0.05, 0.1) is 11.4 Å². The Hall–Kier alpha value is -2.93. The number of hydrogen-bond acceptors (Lipinski definition) is 5. The van der Waals surface area contributed by atoms with Crippen molar-refractivity contribution < 1.29 is 9.59 Å². The number of nitrogens with one attached hydrogen (secondary N) is 1. The lowest BCUT2D eigenvalue weighted by Gasteiger charge is -2.18. The molecule has 0 spiro atoms. The summed E-state index contributed by atoms with van der Waals surface area (Å²) in [6, 6.07) is 13.6. The minimum Gasteiger partial charge on any atom is -0.356 e. The molecule has 0 bridgehead atoms. The zero-order valence-electron chi connectivity index (χ0n) is 19.5. The Labute approximate surface area is 224 Å². The van der Waals surface area contributed by atoms with Crippen LogP contribution in [0.2, 0.25) is 15.1 Å². The number of carbonyl (C=O) groups is 2. The van der Waals surface area contributed by atoms with Crippen LogP contribution in [0.3, 0.4) is 0 Å². The van der Waals surface area contributed by atoms with E-state index in [4.69, 9.17) is 39.8 Å². The van der Waals surface area contributed by atoms with Crippen LogP contribution in [0.5, 0.6) is 0 Å². The Bertz CT molecular complexity index is 1370. The van der Waals surface area contributed by atoms with Crippen LogP contribution in [-0.2, 0) is 16.0 Å². The quantitative estimate of drug-likeness (QED) is 0.439. The number of anilines is 2. The lowest BCUT2D eigenvalue weighted by molar-refractivity contribution is -0.120. The molecule has 2 aliphatic heterocycles. The highest BCUT2D eigenvalue weighted by Crippen LogP contribution is 2.30. The first kappa shape index (κ1) is 24.8. The van der Waals surface area contributed by atoms with Gasteiger partial charge in [-0.25, -0.2) is 4.98 Å². The van der Waals surface area contributed by atoms with Crippen LogP contribution in [0.1, 0.15) is 30.0 Å². The molecule has 184 valence electrons. The monoisotopic (exact) mass is 540 g/mol. The van der Waals surface area contributed by atoms with Crippen LogP contribution in [0, 0.1) is 5.92 Å². The lowest BCUT2D eigenvalue weighted by Crippen LogP contribution is -2.27. The molecule has 2 aromatic carbocycles. The zero-order valence-corrected chi connectivity index (χ0v) is 21.7. The third-order valence-corrected chi connectivity index (χ3v) is 7.44. The molecule has 1 fully saturated rings. The molecule has 36 heavy (non-hydrogen) atoms. The second-order valence-corrected chi connectivity index (χ2v) is 10.3. The number of benzene rings is 2. The zero-order chi connectivity index (χ0) is 25.4. The standard InChI is InChI=1S/C27H23Cl3N4O2/c1-15(35)18-8-9-34(14-18)25-7-3-17(13-31-25)26-21-11-19(28)5-6-23(21)33-27(36)24(32-26)10-16-2-4-20(29)12-22(16)30/h2-7,11-13,18,24H,8-10,14H2,1H3,(H,33,36). The van der Waals surface area contributed by atoms with Gasteiger partial charge in [0.2, 0.25) is 5.91 Å². The molecule has 3 aromatic rings. The van der Waals surface area contributed by atoms with Gasteiger partial charge in [-0.3, -0.25) is 14.6 Å². The molecule has 1 saturated heterocycles. The van der Waals surface area contributed by atoms with E-state index in [0.29, 0.717) is 45.0 Å². The summed E-state index contributed by atoms with van der Waals surface area (Å²) in [5, 5.41) is 4.52. The third-order valence-electron chi connectivity index (χ3n) is 6.62.